The zero-order valence-electron chi connectivity index (χ0n) is 5.59. The summed E-state index contributed by atoms with van der Waals surface area (Å²) in [6.45, 7) is 3.56. The fourth-order valence-corrected chi connectivity index (χ4v) is 2.43. The van der Waals surface area contributed by atoms with Crippen molar-refractivity contribution in [2.45, 2.75) is 19.1 Å². The molecule has 0 aromatic carbocycles. The van der Waals surface area contributed by atoms with Gasteiger partial charge in [-0.1, -0.05) is 11.6 Å². The number of sulfone groups is 1. The van der Waals surface area contributed by atoms with Crippen molar-refractivity contribution in [3.05, 3.63) is 11.6 Å². The van der Waals surface area contributed by atoms with Crippen molar-refractivity contribution in [2.75, 3.05) is 5.75 Å². The van der Waals surface area contributed by atoms with E-state index >= 15 is 0 Å². The Morgan fingerprint density at radius 2 is 2.22 bits per heavy atom. The first-order chi connectivity index (χ1) is 4.02. The quantitative estimate of drug-likeness (QED) is 0.472. The summed E-state index contributed by atoms with van der Waals surface area (Å²) >= 11 is 0. The molecule has 0 aromatic rings. The van der Waals surface area contributed by atoms with E-state index in [9.17, 15) is 8.42 Å². The molecule has 3 heteroatoms. The molecule has 0 aromatic heterocycles. The lowest BCUT2D eigenvalue weighted by molar-refractivity contribution is 0.596. The van der Waals surface area contributed by atoms with Crippen LogP contribution < -0.4 is 0 Å². The summed E-state index contributed by atoms with van der Waals surface area (Å²) in [5.74, 6) is 0.258. The van der Waals surface area contributed by atoms with Gasteiger partial charge in [0.15, 0.2) is 9.84 Å². The van der Waals surface area contributed by atoms with Crippen LogP contribution >= 0.6 is 0 Å². The molecule has 0 bridgehead atoms. The van der Waals surface area contributed by atoms with E-state index in [1.165, 1.54) is 0 Å². The van der Waals surface area contributed by atoms with E-state index in [1.807, 2.05) is 6.92 Å². The third kappa shape index (κ3) is 1.15. The largest absolute Gasteiger partial charge is 0.228 e. The molecule has 0 aliphatic carbocycles. The van der Waals surface area contributed by atoms with Gasteiger partial charge in [0.2, 0.25) is 0 Å². The fourth-order valence-electron chi connectivity index (χ4n) is 1.00. The smallest absolute Gasteiger partial charge is 0.160 e. The lowest BCUT2D eigenvalue weighted by Gasteiger charge is -1.96. The van der Waals surface area contributed by atoms with Gasteiger partial charge in [-0.05, 0) is 13.8 Å². The minimum atomic E-state index is -2.77. The standard InChI is InChI=1S/C6H10O2S/c1-5-3-6(2)9(7,8)4-5/h3,6H,4H2,1-2H3. The summed E-state index contributed by atoms with van der Waals surface area (Å²) in [7, 11) is -2.77. The maximum Gasteiger partial charge on any atom is 0.160 e. The van der Waals surface area contributed by atoms with Crippen LogP contribution in [0.5, 0.6) is 0 Å². The van der Waals surface area contributed by atoms with Crippen molar-refractivity contribution >= 4 is 9.84 Å². The van der Waals surface area contributed by atoms with Crippen molar-refractivity contribution in [1.29, 1.82) is 0 Å². The van der Waals surface area contributed by atoms with Gasteiger partial charge in [-0.25, -0.2) is 8.42 Å². The predicted octanol–water partition coefficient (Wildman–Crippen LogP) is 0.750. The van der Waals surface area contributed by atoms with Gasteiger partial charge in [-0.2, -0.15) is 0 Å². The van der Waals surface area contributed by atoms with E-state index in [0.717, 1.165) is 5.57 Å². The zero-order valence-corrected chi connectivity index (χ0v) is 6.40. The summed E-state index contributed by atoms with van der Waals surface area (Å²) in [6, 6.07) is 0. The van der Waals surface area contributed by atoms with E-state index in [4.69, 9.17) is 0 Å². The van der Waals surface area contributed by atoms with Gasteiger partial charge < -0.3 is 0 Å². The third-order valence-corrected chi connectivity index (χ3v) is 3.64. The molecule has 0 amide bonds. The molecular weight excluding hydrogens is 136 g/mol. The van der Waals surface area contributed by atoms with Crippen molar-refractivity contribution < 1.29 is 8.42 Å². The van der Waals surface area contributed by atoms with Crippen LogP contribution in [0.2, 0.25) is 0 Å². The first-order valence-electron chi connectivity index (χ1n) is 2.91. The van der Waals surface area contributed by atoms with Gasteiger partial charge in [0.1, 0.15) is 0 Å². The van der Waals surface area contributed by atoms with E-state index in [0.29, 0.717) is 0 Å². The average molecular weight is 146 g/mol. The Kier molecular flexibility index (Phi) is 1.39. The maximum atomic E-state index is 10.9. The van der Waals surface area contributed by atoms with Crippen LogP contribution in [0.1, 0.15) is 13.8 Å². The van der Waals surface area contributed by atoms with Gasteiger partial charge in [-0.3, -0.25) is 0 Å². The molecule has 0 fully saturated rings. The Bertz CT molecular complexity index is 236. The normalized spacial score (nSPS) is 32.2. The molecule has 2 nitrogen and oxygen atoms in total. The highest BCUT2D eigenvalue weighted by Gasteiger charge is 2.24. The molecule has 1 atom stereocenters. The van der Waals surface area contributed by atoms with Crippen LogP contribution in [-0.2, 0) is 9.84 Å². The second-order valence-electron chi connectivity index (χ2n) is 2.53. The van der Waals surface area contributed by atoms with Crippen LogP contribution in [0.3, 0.4) is 0 Å². The lowest BCUT2D eigenvalue weighted by atomic mass is 10.3. The second-order valence-corrected chi connectivity index (χ2v) is 4.88. The van der Waals surface area contributed by atoms with Gasteiger partial charge in [0.25, 0.3) is 0 Å². The van der Waals surface area contributed by atoms with Crippen LogP contribution in [0.25, 0.3) is 0 Å². The first-order valence-corrected chi connectivity index (χ1v) is 4.63. The minimum absolute atomic E-state index is 0.252. The molecule has 0 N–H and O–H groups in total. The molecule has 1 aliphatic rings. The molecule has 52 valence electrons. The van der Waals surface area contributed by atoms with Gasteiger partial charge >= 0.3 is 0 Å². The van der Waals surface area contributed by atoms with Crippen molar-refractivity contribution in [3.63, 3.8) is 0 Å². The van der Waals surface area contributed by atoms with Crippen LogP contribution in [-0.4, -0.2) is 19.4 Å². The predicted molar refractivity (Wildman–Crippen MR) is 37.0 cm³/mol. The summed E-state index contributed by atoms with van der Waals surface area (Å²) in [4.78, 5) is 0. The topological polar surface area (TPSA) is 34.1 Å². The number of hydrogen-bond acceptors (Lipinski definition) is 2. The number of hydrogen-bond donors (Lipinski definition) is 0. The Labute approximate surface area is 55.5 Å². The average Bonchev–Trinajstić information content (AvgIpc) is 1.79. The highest BCUT2D eigenvalue weighted by Crippen LogP contribution is 2.17. The van der Waals surface area contributed by atoms with E-state index in [2.05, 4.69) is 0 Å². The first kappa shape index (κ1) is 6.81. The summed E-state index contributed by atoms with van der Waals surface area (Å²) in [5.41, 5.74) is 0.975. The Balaban J connectivity index is 2.98. The van der Waals surface area contributed by atoms with Crippen molar-refractivity contribution in [1.82, 2.24) is 0 Å². The molecule has 0 saturated heterocycles. The summed E-state index contributed by atoms with van der Waals surface area (Å²) in [6.07, 6.45) is 1.80. The van der Waals surface area contributed by atoms with Gasteiger partial charge in [-0.15, -0.1) is 0 Å². The van der Waals surface area contributed by atoms with Gasteiger partial charge in [0, 0.05) is 0 Å². The molecule has 1 unspecified atom stereocenters. The molecule has 0 radical (unpaired) electrons. The molecule has 9 heavy (non-hydrogen) atoms. The monoisotopic (exact) mass is 146 g/mol. The highest BCUT2D eigenvalue weighted by molar-refractivity contribution is 7.92. The Hall–Kier alpha value is -0.310. The molecule has 1 rings (SSSR count). The SMILES string of the molecule is CC1=CC(C)S(=O)(=O)C1. The van der Waals surface area contributed by atoms with Crippen LogP contribution in [0.15, 0.2) is 11.6 Å². The van der Waals surface area contributed by atoms with Gasteiger partial charge in [0.05, 0.1) is 11.0 Å². The lowest BCUT2D eigenvalue weighted by Crippen LogP contribution is -2.11. The third-order valence-electron chi connectivity index (χ3n) is 1.51. The van der Waals surface area contributed by atoms with E-state index in [1.54, 1.807) is 13.0 Å². The fraction of sp³-hybridized carbons (Fsp3) is 0.667. The van der Waals surface area contributed by atoms with Crippen molar-refractivity contribution in [3.8, 4) is 0 Å². The zero-order chi connectivity index (χ0) is 7.07. The van der Waals surface area contributed by atoms with Crippen LogP contribution in [0.4, 0.5) is 0 Å². The summed E-state index contributed by atoms with van der Waals surface area (Å²) in [5, 5.41) is -0.252. The molecule has 1 heterocycles. The highest BCUT2D eigenvalue weighted by atomic mass is 32.2. The molecule has 0 saturated carbocycles. The Morgan fingerprint density at radius 3 is 2.33 bits per heavy atom. The van der Waals surface area contributed by atoms with Crippen LogP contribution in [0, 0.1) is 0 Å². The Morgan fingerprint density at radius 1 is 1.67 bits per heavy atom. The molecule has 1 aliphatic heterocycles. The maximum absolute atomic E-state index is 10.9. The second kappa shape index (κ2) is 1.84. The van der Waals surface area contributed by atoms with Crippen molar-refractivity contribution in [2.24, 2.45) is 0 Å². The molecule has 0 spiro atoms. The van der Waals surface area contributed by atoms with E-state index < -0.39 is 9.84 Å². The molecular formula is C6H10O2S. The number of rotatable bonds is 0. The summed E-state index contributed by atoms with van der Waals surface area (Å²) < 4.78 is 21.8. The van der Waals surface area contributed by atoms with E-state index in [-0.39, 0.29) is 11.0 Å². The minimum Gasteiger partial charge on any atom is -0.228 e.